The summed E-state index contributed by atoms with van der Waals surface area (Å²) in [5.41, 5.74) is 4.13. The third-order valence-electron chi connectivity index (χ3n) is 4.92. The predicted octanol–water partition coefficient (Wildman–Crippen LogP) is 5.22. The van der Waals surface area contributed by atoms with Crippen molar-refractivity contribution in [2.24, 2.45) is 0 Å². The van der Waals surface area contributed by atoms with Gasteiger partial charge in [-0.1, -0.05) is 48.5 Å². The number of halogens is 1. The molecule has 0 aliphatic rings. The number of carboxylic acids is 1. The van der Waals surface area contributed by atoms with Crippen molar-refractivity contribution >= 4 is 11.9 Å². The summed E-state index contributed by atoms with van der Waals surface area (Å²) in [6.45, 7) is 0.459. The molecule has 0 radical (unpaired) electrons. The van der Waals surface area contributed by atoms with Crippen molar-refractivity contribution < 1.29 is 19.1 Å². The lowest BCUT2D eigenvalue weighted by Gasteiger charge is -2.07. The van der Waals surface area contributed by atoms with Crippen LogP contribution in [0.4, 0.5) is 4.39 Å². The largest absolute Gasteiger partial charge is 0.478 e. The maximum absolute atomic E-state index is 13.1. The second kappa shape index (κ2) is 10.3. The van der Waals surface area contributed by atoms with Gasteiger partial charge >= 0.3 is 5.97 Å². The number of hydrogen-bond donors (Lipinski definition) is 2. The first-order valence-corrected chi connectivity index (χ1v) is 9.95. The smallest absolute Gasteiger partial charge is 0.335 e. The van der Waals surface area contributed by atoms with Gasteiger partial charge in [-0.2, -0.15) is 0 Å². The van der Waals surface area contributed by atoms with Gasteiger partial charge in [-0.15, -0.1) is 0 Å². The van der Waals surface area contributed by atoms with E-state index >= 15 is 0 Å². The van der Waals surface area contributed by atoms with Crippen molar-refractivity contribution in [1.29, 1.82) is 0 Å². The van der Waals surface area contributed by atoms with E-state index in [0.717, 1.165) is 41.5 Å². The Kier molecular flexibility index (Phi) is 7.33. The van der Waals surface area contributed by atoms with Crippen molar-refractivity contribution in [3.8, 4) is 11.1 Å². The van der Waals surface area contributed by atoms with E-state index in [-0.39, 0.29) is 17.3 Å². The van der Waals surface area contributed by atoms with Crippen LogP contribution >= 0.6 is 0 Å². The summed E-state index contributed by atoms with van der Waals surface area (Å²) in [5.74, 6) is -1.17. The second-order valence-electron chi connectivity index (χ2n) is 7.19. The highest BCUT2D eigenvalue weighted by Gasteiger charge is 2.05. The summed E-state index contributed by atoms with van der Waals surface area (Å²) in [5, 5.41) is 11.9. The first-order chi connectivity index (χ1) is 14.5. The summed E-state index contributed by atoms with van der Waals surface area (Å²) in [4.78, 5) is 23.0. The highest BCUT2D eigenvalue weighted by Crippen LogP contribution is 2.20. The molecule has 0 spiro atoms. The van der Waals surface area contributed by atoms with Crippen LogP contribution in [0.5, 0.6) is 0 Å². The van der Waals surface area contributed by atoms with Crippen molar-refractivity contribution in [1.82, 2.24) is 5.32 Å². The Balaban J connectivity index is 1.41. The predicted molar refractivity (Wildman–Crippen MR) is 115 cm³/mol. The summed E-state index contributed by atoms with van der Waals surface area (Å²) in [7, 11) is 0. The zero-order valence-electron chi connectivity index (χ0n) is 16.6. The number of benzene rings is 3. The minimum atomic E-state index is -0.943. The van der Waals surface area contributed by atoms with Crippen LogP contribution in [-0.4, -0.2) is 17.0 Å². The van der Waals surface area contributed by atoms with E-state index in [9.17, 15) is 14.0 Å². The highest BCUT2D eigenvalue weighted by atomic mass is 19.1. The van der Waals surface area contributed by atoms with Crippen LogP contribution in [0.1, 0.15) is 40.7 Å². The topological polar surface area (TPSA) is 66.4 Å². The molecule has 0 aliphatic heterocycles. The number of aromatic carboxylic acids is 1. The van der Waals surface area contributed by atoms with E-state index in [2.05, 4.69) is 5.32 Å². The number of unbranched alkanes of at least 4 members (excludes halogenated alkanes) is 1. The zero-order chi connectivity index (χ0) is 21.3. The van der Waals surface area contributed by atoms with Gasteiger partial charge in [0, 0.05) is 13.0 Å². The maximum atomic E-state index is 13.1. The highest BCUT2D eigenvalue weighted by molar-refractivity contribution is 5.88. The number of nitrogens with one attached hydrogen (secondary N) is 1. The fourth-order valence-corrected chi connectivity index (χ4v) is 3.22. The SMILES string of the molecule is O=C(CCCCc1cccc(F)c1)NCc1ccc(-c2ccc(C(=O)O)cc2)cc1. The number of rotatable bonds is 9. The normalized spacial score (nSPS) is 10.6. The van der Waals surface area contributed by atoms with Crippen molar-refractivity contribution in [2.45, 2.75) is 32.2 Å². The number of carbonyl (C=O) groups is 2. The molecule has 0 aliphatic carbocycles. The molecule has 0 unspecified atom stereocenters. The van der Waals surface area contributed by atoms with Gasteiger partial charge in [-0.05, 0) is 65.8 Å². The summed E-state index contributed by atoms with van der Waals surface area (Å²) in [6.07, 6.45) is 2.81. The fourth-order valence-electron chi connectivity index (χ4n) is 3.22. The Hall–Kier alpha value is -3.47. The van der Waals surface area contributed by atoms with Crippen molar-refractivity contribution in [3.63, 3.8) is 0 Å². The van der Waals surface area contributed by atoms with Crippen LogP contribution in [0, 0.1) is 5.82 Å². The molecule has 0 saturated carbocycles. The Morgan fingerprint density at radius 1 is 0.833 bits per heavy atom. The monoisotopic (exact) mass is 405 g/mol. The van der Waals surface area contributed by atoms with E-state index in [4.69, 9.17) is 5.11 Å². The quantitative estimate of drug-likeness (QED) is 0.480. The van der Waals surface area contributed by atoms with Crippen molar-refractivity contribution in [3.05, 3.63) is 95.3 Å². The van der Waals surface area contributed by atoms with Crippen LogP contribution in [0.25, 0.3) is 11.1 Å². The van der Waals surface area contributed by atoms with Gasteiger partial charge in [0.05, 0.1) is 5.56 Å². The van der Waals surface area contributed by atoms with Gasteiger partial charge in [0.15, 0.2) is 0 Å². The molecule has 0 saturated heterocycles. The number of aryl methyl sites for hydroxylation is 1. The van der Waals surface area contributed by atoms with E-state index in [1.807, 2.05) is 30.3 Å². The van der Waals surface area contributed by atoms with E-state index in [1.54, 1.807) is 30.3 Å². The van der Waals surface area contributed by atoms with E-state index < -0.39 is 5.97 Å². The summed E-state index contributed by atoms with van der Waals surface area (Å²) < 4.78 is 13.1. The van der Waals surface area contributed by atoms with Gasteiger partial charge in [0.2, 0.25) is 5.91 Å². The van der Waals surface area contributed by atoms with Gasteiger partial charge in [-0.25, -0.2) is 9.18 Å². The van der Waals surface area contributed by atoms with Gasteiger partial charge in [0.25, 0.3) is 0 Å². The molecule has 3 rings (SSSR count). The van der Waals surface area contributed by atoms with Gasteiger partial charge < -0.3 is 10.4 Å². The van der Waals surface area contributed by atoms with Crippen LogP contribution in [0.3, 0.4) is 0 Å². The van der Waals surface area contributed by atoms with E-state index in [0.29, 0.717) is 13.0 Å². The number of carboxylic acid groups (broad SMARTS) is 1. The van der Waals surface area contributed by atoms with Gasteiger partial charge in [-0.3, -0.25) is 4.79 Å². The van der Waals surface area contributed by atoms with Gasteiger partial charge in [0.1, 0.15) is 5.82 Å². The average Bonchev–Trinajstić information content (AvgIpc) is 2.76. The lowest BCUT2D eigenvalue weighted by atomic mass is 10.0. The number of hydrogen-bond acceptors (Lipinski definition) is 2. The first-order valence-electron chi connectivity index (χ1n) is 9.95. The van der Waals surface area contributed by atoms with Crippen molar-refractivity contribution in [2.75, 3.05) is 0 Å². The molecule has 3 aromatic rings. The van der Waals surface area contributed by atoms with E-state index in [1.165, 1.54) is 12.1 Å². The average molecular weight is 405 g/mol. The molecule has 0 aromatic heterocycles. The number of amides is 1. The lowest BCUT2D eigenvalue weighted by molar-refractivity contribution is -0.121. The number of carbonyl (C=O) groups excluding carboxylic acids is 1. The molecule has 4 nitrogen and oxygen atoms in total. The van der Waals surface area contributed by atoms with Crippen LogP contribution in [0.2, 0.25) is 0 Å². The second-order valence-corrected chi connectivity index (χ2v) is 7.19. The molecule has 1 amide bonds. The van der Waals surface area contributed by atoms with Crippen LogP contribution < -0.4 is 5.32 Å². The molecule has 0 bridgehead atoms. The molecular weight excluding hydrogens is 381 g/mol. The molecule has 30 heavy (non-hydrogen) atoms. The van der Waals surface area contributed by atoms with Crippen LogP contribution in [0.15, 0.2) is 72.8 Å². The maximum Gasteiger partial charge on any atom is 0.335 e. The molecule has 154 valence electrons. The van der Waals surface area contributed by atoms with Crippen LogP contribution in [-0.2, 0) is 17.8 Å². The third-order valence-corrected chi connectivity index (χ3v) is 4.92. The molecule has 0 fully saturated rings. The zero-order valence-corrected chi connectivity index (χ0v) is 16.6. The summed E-state index contributed by atoms with van der Waals surface area (Å²) >= 11 is 0. The third kappa shape index (κ3) is 6.27. The Morgan fingerprint density at radius 3 is 2.13 bits per heavy atom. The minimum Gasteiger partial charge on any atom is -0.478 e. The molecule has 5 heteroatoms. The first kappa shape index (κ1) is 21.2. The molecule has 2 N–H and O–H groups in total. The minimum absolute atomic E-state index is 0.00239. The Labute approximate surface area is 175 Å². The molecular formula is C25H24FNO3. The Morgan fingerprint density at radius 2 is 1.50 bits per heavy atom. The molecule has 3 aromatic carbocycles. The fraction of sp³-hybridized carbons (Fsp3) is 0.200. The summed E-state index contributed by atoms with van der Waals surface area (Å²) in [6, 6.07) is 21.1. The Bertz CT molecular complexity index is 998. The molecule has 0 atom stereocenters. The standard InChI is InChI=1S/C25H24FNO3/c26-23-6-3-5-18(16-23)4-1-2-7-24(28)27-17-19-8-10-20(11-9-19)21-12-14-22(15-13-21)25(29)30/h3,5-6,8-16H,1-2,4,7,17H2,(H,27,28)(H,29,30). The molecule has 0 heterocycles. The lowest BCUT2D eigenvalue weighted by Crippen LogP contribution is -2.22.